The van der Waals surface area contributed by atoms with Gasteiger partial charge in [-0.3, -0.25) is 9.69 Å². The summed E-state index contributed by atoms with van der Waals surface area (Å²) in [7, 11) is 0. The molecule has 2 aromatic rings. The van der Waals surface area contributed by atoms with Crippen molar-refractivity contribution in [1.82, 2.24) is 14.7 Å². The van der Waals surface area contributed by atoms with Crippen molar-refractivity contribution in [3.05, 3.63) is 57.0 Å². The summed E-state index contributed by atoms with van der Waals surface area (Å²) in [6.07, 6.45) is 5.15. The lowest BCUT2D eigenvalue weighted by atomic mass is 10.00. The Hall–Kier alpha value is -2.03. The number of nitrogens with zero attached hydrogens (tertiary/aromatic N) is 3. The third-order valence-corrected chi connectivity index (χ3v) is 6.95. The van der Waals surface area contributed by atoms with Gasteiger partial charge in [-0.15, -0.1) is 0 Å². The highest BCUT2D eigenvalue weighted by atomic mass is 35.5. The van der Waals surface area contributed by atoms with Crippen LogP contribution in [0.5, 0.6) is 0 Å². The Morgan fingerprint density at radius 2 is 2.06 bits per heavy atom. The molecular weight excluding hydrogens is 438 g/mol. The second-order valence-electron chi connectivity index (χ2n) is 8.69. The Labute approximate surface area is 191 Å². The molecule has 1 N–H and O–H groups in total. The fourth-order valence-corrected chi connectivity index (χ4v) is 4.81. The van der Waals surface area contributed by atoms with E-state index in [1.165, 1.54) is 16.8 Å². The van der Waals surface area contributed by atoms with E-state index >= 15 is 0 Å². The maximum absolute atomic E-state index is 14.2. The number of anilines is 1. The lowest BCUT2D eigenvalue weighted by molar-refractivity contribution is 0.0595. The van der Waals surface area contributed by atoms with Gasteiger partial charge in [-0.1, -0.05) is 17.7 Å². The van der Waals surface area contributed by atoms with Crippen LogP contribution in [0.25, 0.3) is 0 Å². The molecule has 2 atom stereocenters. The Balaban J connectivity index is 1.37. The number of nitrogens with one attached hydrogen (secondary N) is 1. The molecule has 0 saturated carbocycles. The lowest BCUT2D eigenvalue weighted by Gasteiger charge is -2.36. The number of halogens is 3. The average Bonchev–Trinajstić information content (AvgIpc) is 2.80. The first-order valence-corrected chi connectivity index (χ1v) is 11.6. The summed E-state index contributed by atoms with van der Waals surface area (Å²) in [5.74, 6) is -0.712. The zero-order chi connectivity index (χ0) is 22.7. The number of aromatic nitrogens is 2. The van der Waals surface area contributed by atoms with Gasteiger partial charge in [-0.05, 0) is 44.6 Å². The maximum atomic E-state index is 14.2. The number of rotatable bonds is 6. The number of piperidine rings is 1. The molecule has 0 aliphatic carbocycles. The van der Waals surface area contributed by atoms with Crippen LogP contribution in [0.2, 0.25) is 5.02 Å². The summed E-state index contributed by atoms with van der Waals surface area (Å²) in [5, 5.41) is 7.78. The van der Waals surface area contributed by atoms with Crippen LogP contribution in [0.3, 0.4) is 0 Å². The molecule has 2 aliphatic rings. The largest absolute Gasteiger partial charge is 0.382 e. The van der Waals surface area contributed by atoms with Gasteiger partial charge in [0.1, 0.15) is 16.7 Å². The molecule has 2 aliphatic heterocycles. The van der Waals surface area contributed by atoms with Crippen LogP contribution in [0.15, 0.2) is 29.2 Å². The van der Waals surface area contributed by atoms with Crippen LogP contribution >= 0.6 is 11.6 Å². The van der Waals surface area contributed by atoms with E-state index in [9.17, 15) is 13.6 Å². The predicted molar refractivity (Wildman–Crippen MR) is 120 cm³/mol. The van der Waals surface area contributed by atoms with E-state index < -0.39 is 11.6 Å². The Kier molecular flexibility index (Phi) is 7.43. The molecule has 1 aromatic carbocycles. The van der Waals surface area contributed by atoms with Crippen molar-refractivity contribution in [1.29, 1.82) is 0 Å². The SMILES string of the molecule is C[C@@H](c1ccc(F)cc1F)N1CCC(n2ncc(NC[C@H]3CCCOC3)c(Cl)c2=O)CC1. The smallest absolute Gasteiger partial charge is 0.287 e. The minimum absolute atomic E-state index is 0.0673. The molecule has 0 spiro atoms. The molecule has 9 heteroatoms. The first-order chi connectivity index (χ1) is 15.4. The van der Waals surface area contributed by atoms with Crippen LogP contribution < -0.4 is 10.9 Å². The van der Waals surface area contributed by atoms with Gasteiger partial charge in [-0.25, -0.2) is 13.5 Å². The molecule has 1 aromatic heterocycles. The van der Waals surface area contributed by atoms with Crippen molar-refractivity contribution in [2.24, 2.45) is 5.92 Å². The Morgan fingerprint density at radius 1 is 1.28 bits per heavy atom. The van der Waals surface area contributed by atoms with Crippen LogP contribution in [0, 0.1) is 17.6 Å². The zero-order valence-electron chi connectivity index (χ0n) is 18.2. The Bertz CT molecular complexity index is 988. The highest BCUT2D eigenvalue weighted by molar-refractivity contribution is 6.32. The van der Waals surface area contributed by atoms with Crippen molar-refractivity contribution >= 4 is 17.3 Å². The van der Waals surface area contributed by atoms with Gasteiger partial charge in [0, 0.05) is 43.9 Å². The minimum Gasteiger partial charge on any atom is -0.382 e. The van der Waals surface area contributed by atoms with E-state index in [1.807, 2.05) is 6.92 Å². The number of benzene rings is 1. The zero-order valence-corrected chi connectivity index (χ0v) is 19.0. The maximum Gasteiger partial charge on any atom is 0.287 e. The van der Waals surface area contributed by atoms with E-state index in [-0.39, 0.29) is 22.7 Å². The van der Waals surface area contributed by atoms with Crippen molar-refractivity contribution in [2.75, 3.05) is 38.2 Å². The monoisotopic (exact) mass is 466 g/mol. The molecule has 4 rings (SSSR count). The quantitative estimate of drug-likeness (QED) is 0.683. The highest BCUT2D eigenvalue weighted by Crippen LogP contribution is 2.30. The van der Waals surface area contributed by atoms with Gasteiger partial charge >= 0.3 is 0 Å². The molecule has 3 heterocycles. The molecular formula is C23H29ClF2N4O2. The number of hydrogen-bond donors (Lipinski definition) is 1. The van der Waals surface area contributed by atoms with E-state index in [0.29, 0.717) is 56.3 Å². The van der Waals surface area contributed by atoms with Crippen molar-refractivity contribution < 1.29 is 13.5 Å². The fraction of sp³-hybridized carbons (Fsp3) is 0.565. The topological polar surface area (TPSA) is 59.4 Å². The molecule has 6 nitrogen and oxygen atoms in total. The highest BCUT2D eigenvalue weighted by Gasteiger charge is 2.28. The first kappa shape index (κ1) is 23.1. The van der Waals surface area contributed by atoms with Crippen LogP contribution in [0.4, 0.5) is 14.5 Å². The molecule has 0 unspecified atom stereocenters. The predicted octanol–water partition coefficient (Wildman–Crippen LogP) is 4.41. The fourth-order valence-electron chi connectivity index (χ4n) is 4.61. The Morgan fingerprint density at radius 3 is 2.75 bits per heavy atom. The van der Waals surface area contributed by atoms with E-state index in [0.717, 1.165) is 25.5 Å². The average molecular weight is 467 g/mol. The van der Waals surface area contributed by atoms with Crippen molar-refractivity contribution in [3.8, 4) is 0 Å². The molecule has 32 heavy (non-hydrogen) atoms. The lowest BCUT2D eigenvalue weighted by Crippen LogP contribution is -2.40. The number of ether oxygens (including phenoxy) is 1. The molecule has 2 saturated heterocycles. The van der Waals surface area contributed by atoms with Gasteiger partial charge in [0.2, 0.25) is 0 Å². The summed E-state index contributed by atoms with van der Waals surface area (Å²) in [5.41, 5.74) is 0.728. The van der Waals surface area contributed by atoms with E-state index in [4.69, 9.17) is 16.3 Å². The summed E-state index contributed by atoms with van der Waals surface area (Å²) in [6, 6.07) is 3.45. The summed E-state index contributed by atoms with van der Waals surface area (Å²) >= 11 is 6.37. The first-order valence-electron chi connectivity index (χ1n) is 11.2. The van der Waals surface area contributed by atoms with Crippen LogP contribution in [-0.4, -0.2) is 47.5 Å². The van der Waals surface area contributed by atoms with Crippen LogP contribution in [0.1, 0.15) is 50.3 Å². The third-order valence-electron chi connectivity index (χ3n) is 6.58. The van der Waals surface area contributed by atoms with Crippen molar-refractivity contribution in [2.45, 2.75) is 44.7 Å². The molecule has 174 valence electrons. The van der Waals surface area contributed by atoms with Gasteiger partial charge in [0.25, 0.3) is 5.56 Å². The summed E-state index contributed by atoms with van der Waals surface area (Å²) in [4.78, 5) is 15.0. The van der Waals surface area contributed by atoms with Gasteiger partial charge in [0.15, 0.2) is 0 Å². The standard InChI is InChI=1S/C23H29ClF2N4O2/c1-15(19-5-4-17(25)11-20(19)26)29-8-6-18(7-9-29)30-23(31)22(24)21(13-28-30)27-12-16-3-2-10-32-14-16/h4-5,11,13,15-16,18,27H,2-3,6-10,12,14H2,1H3/t15-,16+/m0/s1. The molecule has 0 amide bonds. The van der Waals surface area contributed by atoms with E-state index in [2.05, 4.69) is 15.3 Å². The molecule has 2 fully saturated rings. The van der Waals surface area contributed by atoms with Gasteiger partial charge in [0.05, 0.1) is 24.5 Å². The summed E-state index contributed by atoms with van der Waals surface area (Å²) < 4.78 is 34.3. The van der Waals surface area contributed by atoms with E-state index in [1.54, 1.807) is 6.20 Å². The number of likely N-dealkylation sites (tertiary alicyclic amines) is 1. The number of hydrogen-bond acceptors (Lipinski definition) is 5. The molecule has 0 radical (unpaired) electrons. The molecule has 0 bridgehead atoms. The normalized spacial score (nSPS) is 21.4. The van der Waals surface area contributed by atoms with Gasteiger partial charge < -0.3 is 10.1 Å². The third kappa shape index (κ3) is 5.13. The second kappa shape index (κ2) is 10.3. The van der Waals surface area contributed by atoms with Crippen LogP contribution in [-0.2, 0) is 4.74 Å². The van der Waals surface area contributed by atoms with Gasteiger partial charge in [-0.2, -0.15) is 5.10 Å². The summed E-state index contributed by atoms with van der Waals surface area (Å²) in [6.45, 7) is 5.49. The minimum atomic E-state index is -0.579. The second-order valence-corrected chi connectivity index (χ2v) is 9.07. The van der Waals surface area contributed by atoms with Crippen molar-refractivity contribution in [3.63, 3.8) is 0 Å².